The maximum absolute atomic E-state index is 5.55. The third-order valence-corrected chi connectivity index (χ3v) is 3.69. The monoisotopic (exact) mass is 212 g/mol. The van der Waals surface area contributed by atoms with Gasteiger partial charge in [-0.3, -0.25) is 4.90 Å². The molecule has 2 saturated heterocycles. The molecule has 0 aromatic carbocycles. The van der Waals surface area contributed by atoms with Crippen LogP contribution in [0.25, 0.3) is 0 Å². The topological polar surface area (TPSA) is 24.5 Å². The zero-order valence-corrected chi connectivity index (χ0v) is 9.87. The Kier molecular flexibility index (Phi) is 4.42. The highest BCUT2D eigenvalue weighted by Gasteiger charge is 2.26. The van der Waals surface area contributed by atoms with Gasteiger partial charge in [0.05, 0.1) is 6.61 Å². The predicted octanol–water partition coefficient (Wildman–Crippen LogP) is 1.10. The summed E-state index contributed by atoms with van der Waals surface area (Å²) in [6, 6.07) is 0.775. The normalized spacial score (nSPS) is 33.4. The van der Waals surface area contributed by atoms with Gasteiger partial charge >= 0.3 is 0 Å². The van der Waals surface area contributed by atoms with E-state index in [1.807, 2.05) is 0 Å². The number of ether oxygens (including phenoxy) is 1. The molecule has 0 radical (unpaired) electrons. The fraction of sp³-hybridized carbons (Fsp3) is 1.00. The van der Waals surface area contributed by atoms with Crippen molar-refractivity contribution in [2.45, 2.75) is 31.7 Å². The first-order valence-electron chi connectivity index (χ1n) is 6.36. The van der Waals surface area contributed by atoms with Crippen LogP contribution in [0.15, 0.2) is 0 Å². The standard InChI is InChI=1S/C12H24N2O/c1-13-8-12-5-2-6-14(12)9-11-4-3-7-15-10-11/h11-13H,2-10H2,1H3. The summed E-state index contributed by atoms with van der Waals surface area (Å²) >= 11 is 0. The molecule has 0 aromatic rings. The number of hydrogen-bond donors (Lipinski definition) is 1. The summed E-state index contributed by atoms with van der Waals surface area (Å²) in [5, 5.41) is 3.30. The van der Waals surface area contributed by atoms with E-state index >= 15 is 0 Å². The lowest BCUT2D eigenvalue weighted by atomic mass is 10.0. The fourth-order valence-corrected chi connectivity index (χ4v) is 2.89. The van der Waals surface area contributed by atoms with Gasteiger partial charge < -0.3 is 10.1 Å². The molecule has 3 nitrogen and oxygen atoms in total. The van der Waals surface area contributed by atoms with E-state index in [2.05, 4.69) is 17.3 Å². The van der Waals surface area contributed by atoms with Gasteiger partial charge in [-0.2, -0.15) is 0 Å². The molecule has 2 unspecified atom stereocenters. The maximum Gasteiger partial charge on any atom is 0.0506 e. The van der Waals surface area contributed by atoms with Gasteiger partial charge in [-0.05, 0) is 45.2 Å². The Hall–Kier alpha value is -0.120. The quantitative estimate of drug-likeness (QED) is 0.755. The van der Waals surface area contributed by atoms with Crippen LogP contribution in [-0.4, -0.2) is 50.8 Å². The van der Waals surface area contributed by atoms with Gasteiger partial charge in [0.25, 0.3) is 0 Å². The first kappa shape index (κ1) is 11.4. The molecule has 2 aliphatic heterocycles. The van der Waals surface area contributed by atoms with E-state index in [-0.39, 0.29) is 0 Å². The minimum Gasteiger partial charge on any atom is -0.381 e. The van der Waals surface area contributed by atoms with Crippen LogP contribution in [0.3, 0.4) is 0 Å². The zero-order chi connectivity index (χ0) is 10.5. The number of likely N-dealkylation sites (tertiary alicyclic amines) is 1. The van der Waals surface area contributed by atoms with Crippen LogP contribution in [-0.2, 0) is 4.74 Å². The van der Waals surface area contributed by atoms with Crippen molar-refractivity contribution in [3.63, 3.8) is 0 Å². The van der Waals surface area contributed by atoms with Gasteiger partial charge in [0.2, 0.25) is 0 Å². The Morgan fingerprint density at radius 1 is 1.33 bits per heavy atom. The first-order chi connectivity index (χ1) is 7.40. The second-order valence-electron chi connectivity index (χ2n) is 4.93. The van der Waals surface area contributed by atoms with Gasteiger partial charge in [0.1, 0.15) is 0 Å². The molecule has 0 aliphatic carbocycles. The van der Waals surface area contributed by atoms with Gasteiger partial charge in [0, 0.05) is 25.7 Å². The second kappa shape index (κ2) is 5.83. The van der Waals surface area contributed by atoms with Crippen LogP contribution in [0.5, 0.6) is 0 Å². The van der Waals surface area contributed by atoms with E-state index in [9.17, 15) is 0 Å². The van der Waals surface area contributed by atoms with E-state index in [0.29, 0.717) is 0 Å². The molecule has 2 rings (SSSR count). The van der Waals surface area contributed by atoms with Crippen LogP contribution >= 0.6 is 0 Å². The van der Waals surface area contributed by atoms with Crippen LogP contribution < -0.4 is 5.32 Å². The summed E-state index contributed by atoms with van der Waals surface area (Å²) in [6.07, 6.45) is 5.37. The first-order valence-corrected chi connectivity index (χ1v) is 6.36. The highest BCUT2D eigenvalue weighted by molar-refractivity contribution is 4.82. The Balaban J connectivity index is 1.76. The predicted molar refractivity (Wildman–Crippen MR) is 62.1 cm³/mol. The smallest absolute Gasteiger partial charge is 0.0506 e. The van der Waals surface area contributed by atoms with Crippen molar-refractivity contribution >= 4 is 0 Å². The van der Waals surface area contributed by atoms with Crippen LogP contribution in [0.1, 0.15) is 25.7 Å². The number of likely N-dealkylation sites (N-methyl/N-ethyl adjacent to an activating group) is 1. The zero-order valence-electron chi connectivity index (χ0n) is 9.87. The number of rotatable bonds is 4. The molecule has 0 saturated carbocycles. The molecular formula is C12H24N2O. The highest BCUT2D eigenvalue weighted by Crippen LogP contribution is 2.21. The lowest BCUT2D eigenvalue weighted by Crippen LogP contribution is -2.41. The summed E-state index contributed by atoms with van der Waals surface area (Å²) in [5.74, 6) is 0.788. The molecule has 0 bridgehead atoms. The molecule has 88 valence electrons. The third kappa shape index (κ3) is 3.16. The largest absolute Gasteiger partial charge is 0.381 e. The van der Waals surface area contributed by atoms with E-state index < -0.39 is 0 Å². The molecule has 0 spiro atoms. The molecule has 0 aromatic heterocycles. The van der Waals surface area contributed by atoms with E-state index in [1.165, 1.54) is 38.8 Å². The number of nitrogens with one attached hydrogen (secondary N) is 1. The third-order valence-electron chi connectivity index (χ3n) is 3.69. The summed E-state index contributed by atoms with van der Waals surface area (Å²) in [6.45, 7) is 5.67. The molecule has 2 fully saturated rings. The molecule has 0 amide bonds. The average molecular weight is 212 g/mol. The minimum atomic E-state index is 0.775. The van der Waals surface area contributed by atoms with Gasteiger partial charge in [-0.15, -0.1) is 0 Å². The second-order valence-corrected chi connectivity index (χ2v) is 4.93. The lowest BCUT2D eigenvalue weighted by molar-refractivity contribution is 0.0366. The summed E-state index contributed by atoms with van der Waals surface area (Å²) in [7, 11) is 2.06. The van der Waals surface area contributed by atoms with Crippen molar-refractivity contribution in [3.05, 3.63) is 0 Å². The van der Waals surface area contributed by atoms with Crippen molar-refractivity contribution in [2.75, 3.05) is 39.9 Å². The van der Waals surface area contributed by atoms with Crippen molar-refractivity contribution in [2.24, 2.45) is 5.92 Å². The SMILES string of the molecule is CNCC1CCCN1CC1CCCOC1. The van der Waals surface area contributed by atoms with Gasteiger partial charge in [-0.1, -0.05) is 0 Å². The fourth-order valence-electron chi connectivity index (χ4n) is 2.89. The Morgan fingerprint density at radius 3 is 3.00 bits per heavy atom. The van der Waals surface area contributed by atoms with Crippen LogP contribution in [0, 0.1) is 5.92 Å². The van der Waals surface area contributed by atoms with Crippen molar-refractivity contribution in [3.8, 4) is 0 Å². The average Bonchev–Trinajstić information content (AvgIpc) is 2.68. The Labute approximate surface area is 93.2 Å². The highest BCUT2D eigenvalue weighted by atomic mass is 16.5. The van der Waals surface area contributed by atoms with E-state index in [1.54, 1.807) is 0 Å². The Bertz CT molecular complexity index is 180. The minimum absolute atomic E-state index is 0.775. The summed E-state index contributed by atoms with van der Waals surface area (Å²) in [4.78, 5) is 2.66. The molecule has 15 heavy (non-hydrogen) atoms. The molecule has 2 heterocycles. The molecule has 3 heteroatoms. The van der Waals surface area contributed by atoms with Crippen molar-refractivity contribution in [1.82, 2.24) is 10.2 Å². The van der Waals surface area contributed by atoms with Crippen molar-refractivity contribution < 1.29 is 4.74 Å². The van der Waals surface area contributed by atoms with Gasteiger partial charge in [-0.25, -0.2) is 0 Å². The molecular weight excluding hydrogens is 188 g/mol. The summed E-state index contributed by atoms with van der Waals surface area (Å²) in [5.41, 5.74) is 0. The number of nitrogens with zero attached hydrogens (tertiary/aromatic N) is 1. The molecule has 2 atom stereocenters. The van der Waals surface area contributed by atoms with Crippen LogP contribution in [0.2, 0.25) is 0 Å². The van der Waals surface area contributed by atoms with Crippen molar-refractivity contribution in [1.29, 1.82) is 0 Å². The summed E-state index contributed by atoms with van der Waals surface area (Å²) < 4.78 is 5.55. The van der Waals surface area contributed by atoms with E-state index in [4.69, 9.17) is 4.74 Å². The maximum atomic E-state index is 5.55. The van der Waals surface area contributed by atoms with E-state index in [0.717, 1.165) is 31.7 Å². The lowest BCUT2D eigenvalue weighted by Gasteiger charge is -2.30. The van der Waals surface area contributed by atoms with Crippen LogP contribution in [0.4, 0.5) is 0 Å². The molecule has 1 N–H and O–H groups in total. The van der Waals surface area contributed by atoms with Gasteiger partial charge in [0.15, 0.2) is 0 Å². The Morgan fingerprint density at radius 2 is 2.27 bits per heavy atom. The molecule has 2 aliphatic rings. The number of hydrogen-bond acceptors (Lipinski definition) is 3.